The monoisotopic (exact) mass is 585 g/mol. The van der Waals surface area contributed by atoms with E-state index >= 15 is 0 Å². The number of carbonyl (C=O) groups is 1. The predicted octanol–water partition coefficient (Wildman–Crippen LogP) is 3.75. The van der Waals surface area contributed by atoms with Gasteiger partial charge < -0.3 is 25.0 Å². The van der Waals surface area contributed by atoms with Gasteiger partial charge in [-0.25, -0.2) is 8.78 Å². The average molecular weight is 586 g/mol. The zero-order valence-corrected chi connectivity index (χ0v) is 22.0. The summed E-state index contributed by atoms with van der Waals surface area (Å²) in [4.78, 5) is 15.1. The molecule has 8 nitrogen and oxygen atoms in total. The lowest BCUT2D eigenvalue weighted by molar-refractivity contribution is -0.178. The summed E-state index contributed by atoms with van der Waals surface area (Å²) in [5.41, 5.74) is -0.164. The van der Waals surface area contributed by atoms with E-state index in [0.29, 0.717) is 34.1 Å². The summed E-state index contributed by atoms with van der Waals surface area (Å²) < 4.78 is 35.1. The largest absolute Gasteiger partial charge is 0.394 e. The van der Waals surface area contributed by atoms with E-state index in [1.807, 2.05) is 0 Å². The van der Waals surface area contributed by atoms with Crippen LogP contribution in [0.5, 0.6) is 0 Å². The van der Waals surface area contributed by atoms with Crippen LogP contribution in [0.15, 0.2) is 47.6 Å². The molecular formula is C25H23Cl2F2N3O5S. The van der Waals surface area contributed by atoms with Gasteiger partial charge in [0.25, 0.3) is 5.91 Å². The number of benzene rings is 2. The van der Waals surface area contributed by atoms with E-state index in [1.54, 1.807) is 23.1 Å². The van der Waals surface area contributed by atoms with Crippen molar-refractivity contribution in [3.63, 3.8) is 0 Å². The summed E-state index contributed by atoms with van der Waals surface area (Å²) >= 11 is 12.8. The number of amides is 1. The minimum absolute atomic E-state index is 0.157. The molecule has 5 atom stereocenters. The van der Waals surface area contributed by atoms with E-state index in [4.69, 9.17) is 27.9 Å². The van der Waals surface area contributed by atoms with Crippen LogP contribution in [0.25, 0.3) is 11.1 Å². The zero-order chi connectivity index (χ0) is 27.1. The summed E-state index contributed by atoms with van der Waals surface area (Å²) in [5.74, 6) is -2.06. The van der Waals surface area contributed by atoms with Crippen molar-refractivity contribution in [2.45, 2.75) is 41.1 Å². The number of nitrogens with zero attached hydrogens (tertiary/aromatic N) is 3. The summed E-state index contributed by atoms with van der Waals surface area (Å²) in [5, 5.41) is 36.0. The number of aliphatic hydroxyl groups is 3. The number of thioether (sulfide) groups is 1. The van der Waals surface area contributed by atoms with Crippen LogP contribution in [0.1, 0.15) is 22.8 Å². The van der Waals surface area contributed by atoms with Crippen molar-refractivity contribution in [3.05, 3.63) is 70.0 Å². The van der Waals surface area contributed by atoms with E-state index < -0.39 is 53.1 Å². The summed E-state index contributed by atoms with van der Waals surface area (Å²) in [7, 11) is 0. The molecule has 2 aliphatic rings. The lowest BCUT2D eigenvalue weighted by Crippen LogP contribution is -2.55. The Kier molecular flexibility index (Phi) is 7.97. The second-order valence-electron chi connectivity index (χ2n) is 9.06. The highest BCUT2D eigenvalue weighted by atomic mass is 35.5. The Labute approximate surface area is 230 Å². The molecule has 0 bridgehead atoms. The molecule has 13 heteroatoms. The van der Waals surface area contributed by atoms with Crippen molar-refractivity contribution in [2.24, 2.45) is 0 Å². The van der Waals surface area contributed by atoms with Crippen molar-refractivity contribution < 1.29 is 33.6 Å². The molecule has 3 heterocycles. The van der Waals surface area contributed by atoms with Gasteiger partial charge in [0.15, 0.2) is 0 Å². The molecule has 202 valence electrons. The molecule has 0 radical (unpaired) electrons. The number of likely N-dealkylation sites (tertiary alicyclic amines) is 1. The van der Waals surface area contributed by atoms with Gasteiger partial charge >= 0.3 is 0 Å². The van der Waals surface area contributed by atoms with E-state index in [2.05, 4.69) is 5.10 Å². The summed E-state index contributed by atoms with van der Waals surface area (Å²) in [6, 6.07) is 5.82. The first-order chi connectivity index (χ1) is 18.2. The lowest BCUT2D eigenvalue weighted by atomic mass is 9.97. The molecule has 38 heavy (non-hydrogen) atoms. The summed E-state index contributed by atoms with van der Waals surface area (Å²) in [6.45, 7) is 0.744. The van der Waals surface area contributed by atoms with Crippen LogP contribution in [0.3, 0.4) is 0 Å². The van der Waals surface area contributed by atoms with Crippen LogP contribution in [0.4, 0.5) is 8.78 Å². The highest BCUT2D eigenvalue weighted by Crippen LogP contribution is 2.40. The minimum atomic E-state index is -1.38. The standard InChI is InChI=1S/C25H23Cl2F2N3O5S/c26-14-2-3-15(24(36)31-4-1-5-31)19(8-14)38-25-23(35)21(22(34)18(11-33)37-25)32-10-13(9-30-32)12-6-16(28)20(27)17(29)7-12/h2-3,6-10,18,21-23,25,33-35H,1,4-5,11H2/t18-,21+,22+,23-,25-/m1/s1. The van der Waals surface area contributed by atoms with Gasteiger partial charge in [0.05, 0.1) is 18.4 Å². The Morgan fingerprint density at radius 1 is 1.11 bits per heavy atom. The third kappa shape index (κ3) is 5.16. The van der Waals surface area contributed by atoms with E-state index in [-0.39, 0.29) is 11.5 Å². The Morgan fingerprint density at radius 2 is 1.82 bits per heavy atom. The average Bonchev–Trinajstić information content (AvgIpc) is 3.33. The number of carbonyl (C=O) groups excluding carboxylic acids is 1. The van der Waals surface area contributed by atoms with Gasteiger partial charge in [-0.1, -0.05) is 35.0 Å². The molecule has 0 spiro atoms. The van der Waals surface area contributed by atoms with Crippen molar-refractivity contribution in [1.82, 2.24) is 14.7 Å². The van der Waals surface area contributed by atoms with E-state index in [9.17, 15) is 28.9 Å². The second kappa shape index (κ2) is 11.1. The van der Waals surface area contributed by atoms with Gasteiger partial charge in [-0.05, 0) is 42.3 Å². The third-order valence-corrected chi connectivity index (χ3v) is 8.44. The van der Waals surface area contributed by atoms with Crippen LogP contribution in [-0.4, -0.2) is 79.4 Å². The molecule has 1 amide bonds. The third-order valence-electron chi connectivity index (χ3n) is 6.63. The molecule has 0 aliphatic carbocycles. The predicted molar refractivity (Wildman–Crippen MR) is 137 cm³/mol. The molecule has 0 unspecified atom stereocenters. The number of aliphatic hydroxyl groups excluding tert-OH is 3. The maximum absolute atomic E-state index is 14.0. The zero-order valence-electron chi connectivity index (χ0n) is 19.7. The van der Waals surface area contributed by atoms with Crippen LogP contribution < -0.4 is 0 Å². The fourth-order valence-corrected chi connectivity index (χ4v) is 6.01. The highest BCUT2D eigenvalue weighted by molar-refractivity contribution is 8.00. The minimum Gasteiger partial charge on any atom is -0.394 e. The van der Waals surface area contributed by atoms with Crippen LogP contribution >= 0.6 is 35.0 Å². The SMILES string of the molecule is O=C(c1ccc(Cl)cc1S[C@H]1O[C@H](CO)[C@H](O)[C@H](n2cc(-c3cc(F)c(Cl)c(F)c3)cn2)[C@H]1O)N1CCC1. The molecular weight excluding hydrogens is 563 g/mol. The van der Waals surface area contributed by atoms with Crippen LogP contribution in [0, 0.1) is 11.6 Å². The molecule has 2 aliphatic heterocycles. The summed E-state index contributed by atoms with van der Waals surface area (Å²) in [6.07, 6.45) is -0.166. The number of hydrogen-bond donors (Lipinski definition) is 3. The Balaban J connectivity index is 1.44. The normalized spacial score (nSPS) is 25.3. The van der Waals surface area contributed by atoms with Crippen molar-refractivity contribution in [2.75, 3.05) is 19.7 Å². The maximum atomic E-state index is 14.0. The molecule has 2 aromatic carbocycles. The Hall–Kier alpha value is -2.25. The number of halogens is 4. The smallest absolute Gasteiger partial charge is 0.254 e. The fourth-order valence-electron chi connectivity index (χ4n) is 4.44. The lowest BCUT2D eigenvalue weighted by Gasteiger charge is -2.42. The molecule has 0 saturated carbocycles. The first-order valence-electron chi connectivity index (χ1n) is 11.7. The van der Waals surface area contributed by atoms with E-state index in [0.717, 1.165) is 30.3 Å². The van der Waals surface area contributed by atoms with Gasteiger partial charge in [0, 0.05) is 34.8 Å². The van der Waals surface area contributed by atoms with Gasteiger partial charge in [-0.15, -0.1) is 0 Å². The number of aromatic nitrogens is 2. The quantitative estimate of drug-likeness (QED) is 0.378. The van der Waals surface area contributed by atoms with Gasteiger partial charge in [-0.3, -0.25) is 9.48 Å². The van der Waals surface area contributed by atoms with Crippen LogP contribution in [0.2, 0.25) is 10.0 Å². The Bertz CT molecular complexity index is 1340. The van der Waals surface area contributed by atoms with Gasteiger partial charge in [-0.2, -0.15) is 5.10 Å². The number of rotatable bonds is 6. The number of ether oxygens (including phenoxy) is 1. The topological polar surface area (TPSA) is 108 Å². The second-order valence-corrected chi connectivity index (χ2v) is 11.0. The maximum Gasteiger partial charge on any atom is 0.254 e. The number of hydrogen-bond acceptors (Lipinski definition) is 7. The molecule has 2 saturated heterocycles. The van der Waals surface area contributed by atoms with Crippen LogP contribution in [-0.2, 0) is 4.74 Å². The van der Waals surface area contributed by atoms with Crippen molar-refractivity contribution >= 4 is 40.9 Å². The van der Waals surface area contributed by atoms with Gasteiger partial charge in [0.2, 0.25) is 0 Å². The molecule has 2 fully saturated rings. The Morgan fingerprint density at radius 3 is 2.45 bits per heavy atom. The first kappa shape index (κ1) is 27.3. The van der Waals surface area contributed by atoms with E-state index in [1.165, 1.54) is 17.1 Å². The highest BCUT2D eigenvalue weighted by Gasteiger charge is 2.46. The first-order valence-corrected chi connectivity index (χ1v) is 13.4. The van der Waals surface area contributed by atoms with Crippen molar-refractivity contribution in [3.8, 4) is 11.1 Å². The van der Waals surface area contributed by atoms with Crippen molar-refractivity contribution in [1.29, 1.82) is 0 Å². The molecule has 1 aromatic heterocycles. The molecule has 3 N–H and O–H groups in total. The fraction of sp³-hybridized carbons (Fsp3) is 0.360. The molecule has 5 rings (SSSR count). The molecule has 3 aromatic rings. The van der Waals surface area contributed by atoms with Gasteiger partial charge in [0.1, 0.15) is 46.4 Å².